The van der Waals surface area contributed by atoms with E-state index in [1.54, 1.807) is 24.3 Å². The SMILES string of the molecule is O=C(Cn1[nH]c(=O)ccc1=O)N[C@@H](CO)c1ccccc1. The lowest BCUT2D eigenvalue weighted by Crippen LogP contribution is -2.38. The number of carbonyl (C=O) groups excluding carboxylic acids is 1. The summed E-state index contributed by atoms with van der Waals surface area (Å²) in [6.45, 7) is -0.589. The van der Waals surface area contributed by atoms with Crippen LogP contribution in [0.25, 0.3) is 0 Å². The van der Waals surface area contributed by atoms with E-state index in [2.05, 4.69) is 10.4 Å². The number of aromatic nitrogens is 2. The first-order valence-electron chi connectivity index (χ1n) is 6.35. The van der Waals surface area contributed by atoms with Crippen molar-refractivity contribution in [2.45, 2.75) is 12.6 Å². The molecule has 0 radical (unpaired) electrons. The first-order chi connectivity index (χ1) is 10.1. The second kappa shape index (κ2) is 6.67. The van der Waals surface area contributed by atoms with Crippen molar-refractivity contribution < 1.29 is 9.90 Å². The van der Waals surface area contributed by atoms with Gasteiger partial charge in [0.25, 0.3) is 11.1 Å². The molecule has 2 rings (SSSR count). The van der Waals surface area contributed by atoms with Gasteiger partial charge in [0.1, 0.15) is 6.54 Å². The lowest BCUT2D eigenvalue weighted by Gasteiger charge is -2.17. The Labute approximate surface area is 119 Å². The van der Waals surface area contributed by atoms with Gasteiger partial charge in [-0.25, -0.2) is 4.68 Å². The van der Waals surface area contributed by atoms with E-state index in [-0.39, 0.29) is 13.2 Å². The Balaban J connectivity index is 2.09. The third kappa shape index (κ3) is 3.90. The molecule has 21 heavy (non-hydrogen) atoms. The lowest BCUT2D eigenvalue weighted by atomic mass is 10.1. The summed E-state index contributed by atoms with van der Waals surface area (Å²) in [6, 6.07) is 10.6. The second-order valence-electron chi connectivity index (χ2n) is 4.45. The highest BCUT2D eigenvalue weighted by molar-refractivity contribution is 5.76. The van der Waals surface area contributed by atoms with Crippen molar-refractivity contribution in [3.8, 4) is 0 Å². The molecule has 7 nitrogen and oxygen atoms in total. The molecule has 1 atom stereocenters. The number of carbonyl (C=O) groups is 1. The molecule has 0 saturated carbocycles. The molecule has 0 bridgehead atoms. The molecule has 0 aliphatic heterocycles. The van der Waals surface area contributed by atoms with Gasteiger partial charge >= 0.3 is 0 Å². The molecule has 1 aromatic carbocycles. The molecule has 7 heteroatoms. The molecular formula is C14H15N3O4. The Bertz CT molecular complexity index is 721. The lowest BCUT2D eigenvalue weighted by molar-refractivity contribution is -0.123. The maximum Gasteiger partial charge on any atom is 0.265 e. The maximum absolute atomic E-state index is 11.9. The standard InChI is InChI=1S/C14H15N3O4/c18-9-11(10-4-2-1-3-5-10)15-13(20)8-17-14(21)7-6-12(19)16-17/h1-7,11,18H,8-9H2,(H,15,20)(H,16,19)/t11-/m0/s1. The molecule has 0 aliphatic carbocycles. The minimum atomic E-state index is -0.565. The number of aromatic amines is 1. The number of nitrogens with one attached hydrogen (secondary N) is 2. The largest absolute Gasteiger partial charge is 0.394 e. The fraction of sp³-hybridized carbons (Fsp3) is 0.214. The van der Waals surface area contributed by atoms with Gasteiger partial charge in [0.2, 0.25) is 5.91 Å². The van der Waals surface area contributed by atoms with Crippen LogP contribution in [0.3, 0.4) is 0 Å². The normalized spacial score (nSPS) is 11.9. The summed E-state index contributed by atoms with van der Waals surface area (Å²) in [6.07, 6.45) is 0. The summed E-state index contributed by atoms with van der Waals surface area (Å²) in [5.74, 6) is -0.484. The van der Waals surface area contributed by atoms with Gasteiger partial charge in [-0.1, -0.05) is 30.3 Å². The highest BCUT2D eigenvalue weighted by atomic mass is 16.3. The fourth-order valence-corrected chi connectivity index (χ4v) is 1.88. The van der Waals surface area contributed by atoms with Gasteiger partial charge in [-0.2, -0.15) is 0 Å². The third-order valence-corrected chi connectivity index (χ3v) is 2.91. The highest BCUT2D eigenvalue weighted by Crippen LogP contribution is 2.11. The molecule has 1 heterocycles. The van der Waals surface area contributed by atoms with Gasteiger partial charge in [0.15, 0.2) is 0 Å². The Morgan fingerprint density at radius 3 is 2.57 bits per heavy atom. The number of rotatable bonds is 5. The summed E-state index contributed by atoms with van der Waals surface area (Å²) in [4.78, 5) is 34.5. The van der Waals surface area contributed by atoms with Crippen LogP contribution < -0.4 is 16.4 Å². The zero-order chi connectivity index (χ0) is 15.2. The van der Waals surface area contributed by atoms with E-state index in [9.17, 15) is 19.5 Å². The minimum absolute atomic E-state index is 0.268. The second-order valence-corrected chi connectivity index (χ2v) is 4.45. The van der Waals surface area contributed by atoms with Crippen molar-refractivity contribution in [2.75, 3.05) is 6.61 Å². The number of H-pyrrole nitrogens is 1. The Kier molecular flexibility index (Phi) is 4.68. The van der Waals surface area contributed by atoms with E-state index in [1.165, 1.54) is 0 Å². The van der Waals surface area contributed by atoms with Crippen LogP contribution in [0.2, 0.25) is 0 Å². The van der Waals surface area contributed by atoms with Crippen LogP contribution in [0.5, 0.6) is 0 Å². The third-order valence-electron chi connectivity index (χ3n) is 2.91. The molecule has 110 valence electrons. The van der Waals surface area contributed by atoms with Gasteiger partial charge in [-0.3, -0.25) is 19.5 Å². The first-order valence-corrected chi connectivity index (χ1v) is 6.35. The molecule has 0 fully saturated rings. The van der Waals surface area contributed by atoms with Crippen molar-refractivity contribution in [1.29, 1.82) is 0 Å². The number of amides is 1. The fourth-order valence-electron chi connectivity index (χ4n) is 1.88. The summed E-state index contributed by atoms with van der Waals surface area (Å²) >= 11 is 0. The number of hydrogen-bond donors (Lipinski definition) is 3. The molecule has 1 aromatic heterocycles. The van der Waals surface area contributed by atoms with E-state index in [1.807, 2.05) is 6.07 Å². The summed E-state index contributed by atoms with van der Waals surface area (Å²) in [5, 5.41) is 14.2. The summed E-state index contributed by atoms with van der Waals surface area (Å²) < 4.78 is 0.914. The summed E-state index contributed by atoms with van der Waals surface area (Å²) in [5.41, 5.74) is -0.198. The Hall–Kier alpha value is -2.67. The van der Waals surface area contributed by atoms with Crippen LogP contribution in [0.1, 0.15) is 11.6 Å². The van der Waals surface area contributed by atoms with Crippen LogP contribution in [-0.2, 0) is 11.3 Å². The van der Waals surface area contributed by atoms with E-state index in [0.717, 1.165) is 22.4 Å². The van der Waals surface area contributed by atoms with Crippen molar-refractivity contribution in [2.24, 2.45) is 0 Å². The van der Waals surface area contributed by atoms with Gasteiger partial charge in [0.05, 0.1) is 12.6 Å². The molecule has 2 aromatic rings. The maximum atomic E-state index is 11.9. The van der Waals surface area contributed by atoms with Crippen LogP contribution >= 0.6 is 0 Å². The van der Waals surface area contributed by atoms with E-state index in [0.29, 0.717) is 0 Å². The van der Waals surface area contributed by atoms with Crippen LogP contribution in [0, 0.1) is 0 Å². The first kappa shape index (κ1) is 14.7. The van der Waals surface area contributed by atoms with Crippen LogP contribution in [-0.4, -0.2) is 27.4 Å². The number of benzene rings is 1. The van der Waals surface area contributed by atoms with E-state index >= 15 is 0 Å². The number of nitrogens with zero attached hydrogens (tertiary/aromatic N) is 1. The molecule has 0 aliphatic rings. The Morgan fingerprint density at radius 2 is 1.90 bits per heavy atom. The number of aliphatic hydroxyl groups excluding tert-OH is 1. The minimum Gasteiger partial charge on any atom is -0.394 e. The van der Waals surface area contributed by atoms with Gasteiger partial charge < -0.3 is 10.4 Å². The van der Waals surface area contributed by atoms with Crippen molar-refractivity contribution >= 4 is 5.91 Å². The zero-order valence-corrected chi connectivity index (χ0v) is 11.2. The van der Waals surface area contributed by atoms with E-state index in [4.69, 9.17) is 0 Å². The van der Waals surface area contributed by atoms with Crippen molar-refractivity contribution in [1.82, 2.24) is 15.1 Å². The highest BCUT2D eigenvalue weighted by Gasteiger charge is 2.14. The van der Waals surface area contributed by atoms with Gasteiger partial charge in [-0.15, -0.1) is 0 Å². The predicted octanol–water partition coefficient (Wildman–Crippen LogP) is -0.614. The quantitative estimate of drug-likeness (QED) is 0.682. The van der Waals surface area contributed by atoms with Gasteiger partial charge in [-0.05, 0) is 5.56 Å². The molecule has 3 N–H and O–H groups in total. The van der Waals surface area contributed by atoms with Crippen molar-refractivity contribution in [3.63, 3.8) is 0 Å². The molecule has 1 amide bonds. The van der Waals surface area contributed by atoms with Crippen molar-refractivity contribution in [3.05, 3.63) is 68.7 Å². The molecular weight excluding hydrogens is 274 g/mol. The monoisotopic (exact) mass is 289 g/mol. The Morgan fingerprint density at radius 1 is 1.19 bits per heavy atom. The predicted molar refractivity (Wildman–Crippen MR) is 75.7 cm³/mol. The molecule has 0 saturated heterocycles. The smallest absolute Gasteiger partial charge is 0.265 e. The zero-order valence-electron chi connectivity index (χ0n) is 11.2. The van der Waals surface area contributed by atoms with Crippen LogP contribution in [0.15, 0.2) is 52.1 Å². The molecule has 0 spiro atoms. The van der Waals surface area contributed by atoms with E-state index < -0.39 is 23.1 Å². The number of aliphatic hydroxyl groups is 1. The topological polar surface area (TPSA) is 104 Å². The summed E-state index contributed by atoms with van der Waals surface area (Å²) in [7, 11) is 0. The average Bonchev–Trinajstić information content (AvgIpc) is 2.49. The molecule has 0 unspecified atom stereocenters. The number of hydrogen-bond acceptors (Lipinski definition) is 4. The average molecular weight is 289 g/mol. The van der Waals surface area contributed by atoms with Gasteiger partial charge in [0, 0.05) is 12.1 Å². The van der Waals surface area contributed by atoms with Crippen LogP contribution in [0.4, 0.5) is 0 Å².